The lowest BCUT2D eigenvalue weighted by Gasteiger charge is -2.18. The van der Waals surface area contributed by atoms with Gasteiger partial charge in [-0.05, 0) is 26.4 Å². The Balaban J connectivity index is 2.35. The van der Waals surface area contributed by atoms with Gasteiger partial charge in [-0.3, -0.25) is 4.79 Å². The van der Waals surface area contributed by atoms with Gasteiger partial charge < -0.3 is 15.3 Å². The molecule has 2 N–H and O–H groups in total. The SMILES string of the molecule is CCCC(NC1CCN(C)C1)C(=O)O. The van der Waals surface area contributed by atoms with E-state index in [1.165, 1.54) is 0 Å². The summed E-state index contributed by atoms with van der Waals surface area (Å²) in [7, 11) is 2.07. The Morgan fingerprint density at radius 2 is 2.43 bits per heavy atom. The van der Waals surface area contributed by atoms with Crippen molar-refractivity contribution in [3.63, 3.8) is 0 Å². The summed E-state index contributed by atoms with van der Waals surface area (Å²) in [5, 5.41) is 12.2. The summed E-state index contributed by atoms with van der Waals surface area (Å²) >= 11 is 0. The highest BCUT2D eigenvalue weighted by Crippen LogP contribution is 2.08. The lowest BCUT2D eigenvalue weighted by Crippen LogP contribution is -2.44. The Morgan fingerprint density at radius 1 is 1.71 bits per heavy atom. The first-order chi connectivity index (χ1) is 6.63. The van der Waals surface area contributed by atoms with Gasteiger partial charge in [0.25, 0.3) is 0 Å². The highest BCUT2D eigenvalue weighted by atomic mass is 16.4. The minimum atomic E-state index is -0.721. The maximum Gasteiger partial charge on any atom is 0.320 e. The second-order valence-corrected chi connectivity index (χ2v) is 4.09. The van der Waals surface area contributed by atoms with E-state index in [4.69, 9.17) is 5.11 Å². The molecule has 1 fully saturated rings. The van der Waals surface area contributed by atoms with E-state index in [2.05, 4.69) is 17.3 Å². The standard InChI is InChI=1S/C10H20N2O2/c1-3-4-9(10(13)14)11-8-5-6-12(2)7-8/h8-9,11H,3-7H2,1-2H3,(H,13,14). The van der Waals surface area contributed by atoms with Gasteiger partial charge in [-0.25, -0.2) is 0 Å². The molecule has 82 valence electrons. The number of carbonyl (C=O) groups is 1. The monoisotopic (exact) mass is 200 g/mol. The van der Waals surface area contributed by atoms with E-state index in [0.717, 1.165) is 32.4 Å². The van der Waals surface area contributed by atoms with Gasteiger partial charge in [0.2, 0.25) is 0 Å². The van der Waals surface area contributed by atoms with Crippen molar-refractivity contribution >= 4 is 5.97 Å². The lowest BCUT2D eigenvalue weighted by molar-refractivity contribution is -0.139. The van der Waals surface area contributed by atoms with Crippen molar-refractivity contribution in [1.82, 2.24) is 10.2 Å². The molecule has 0 saturated carbocycles. The van der Waals surface area contributed by atoms with E-state index in [1.54, 1.807) is 0 Å². The Morgan fingerprint density at radius 3 is 2.86 bits per heavy atom. The van der Waals surface area contributed by atoms with Crippen LogP contribution in [-0.4, -0.2) is 48.2 Å². The van der Waals surface area contributed by atoms with Crippen LogP contribution < -0.4 is 5.32 Å². The molecular weight excluding hydrogens is 180 g/mol. The third-order valence-electron chi connectivity index (χ3n) is 2.70. The van der Waals surface area contributed by atoms with Crippen molar-refractivity contribution in [2.45, 2.75) is 38.3 Å². The fraction of sp³-hybridized carbons (Fsp3) is 0.900. The zero-order valence-electron chi connectivity index (χ0n) is 8.99. The minimum Gasteiger partial charge on any atom is -0.480 e. The van der Waals surface area contributed by atoms with E-state index in [0.29, 0.717) is 6.04 Å². The molecule has 14 heavy (non-hydrogen) atoms. The average molecular weight is 200 g/mol. The largest absolute Gasteiger partial charge is 0.480 e. The van der Waals surface area contributed by atoms with Gasteiger partial charge in [0.15, 0.2) is 0 Å². The molecule has 2 atom stereocenters. The van der Waals surface area contributed by atoms with Gasteiger partial charge in [0, 0.05) is 12.6 Å². The Kier molecular flexibility index (Phi) is 4.35. The van der Waals surface area contributed by atoms with Crippen LogP contribution in [0.4, 0.5) is 0 Å². The molecule has 4 nitrogen and oxygen atoms in total. The molecule has 4 heteroatoms. The summed E-state index contributed by atoms with van der Waals surface area (Å²) in [4.78, 5) is 13.1. The molecule has 0 aromatic carbocycles. The molecule has 2 unspecified atom stereocenters. The van der Waals surface area contributed by atoms with Gasteiger partial charge in [0.05, 0.1) is 0 Å². The highest BCUT2D eigenvalue weighted by molar-refractivity contribution is 5.73. The van der Waals surface area contributed by atoms with E-state index in [9.17, 15) is 4.79 Å². The summed E-state index contributed by atoms with van der Waals surface area (Å²) in [5.74, 6) is -0.721. The van der Waals surface area contributed by atoms with Gasteiger partial charge in [-0.2, -0.15) is 0 Å². The van der Waals surface area contributed by atoms with Gasteiger partial charge >= 0.3 is 5.97 Å². The summed E-state index contributed by atoms with van der Waals surface area (Å²) in [6, 6.07) is -0.0100. The number of rotatable bonds is 5. The molecule has 0 aromatic heterocycles. The molecule has 1 saturated heterocycles. The Bertz CT molecular complexity index is 197. The summed E-state index contributed by atoms with van der Waals surface area (Å²) in [6.07, 6.45) is 2.69. The maximum atomic E-state index is 10.9. The minimum absolute atomic E-state index is 0.354. The second-order valence-electron chi connectivity index (χ2n) is 4.09. The van der Waals surface area contributed by atoms with Crippen LogP contribution in [0.3, 0.4) is 0 Å². The van der Waals surface area contributed by atoms with Crippen LogP contribution in [0.2, 0.25) is 0 Å². The van der Waals surface area contributed by atoms with Crippen molar-refractivity contribution in [2.24, 2.45) is 0 Å². The number of likely N-dealkylation sites (tertiary alicyclic amines) is 1. The zero-order chi connectivity index (χ0) is 10.6. The van der Waals surface area contributed by atoms with Crippen LogP contribution in [0.1, 0.15) is 26.2 Å². The number of carboxylic acid groups (broad SMARTS) is 1. The molecule has 0 spiro atoms. The second kappa shape index (κ2) is 5.32. The molecule has 1 aliphatic rings. The first kappa shape index (κ1) is 11.5. The van der Waals surface area contributed by atoms with Crippen LogP contribution in [0.15, 0.2) is 0 Å². The predicted octanol–water partition coefficient (Wildman–Crippen LogP) is 0.533. The van der Waals surface area contributed by atoms with Crippen LogP contribution in [-0.2, 0) is 4.79 Å². The number of hydrogen-bond donors (Lipinski definition) is 2. The summed E-state index contributed by atoms with van der Waals surface area (Å²) in [6.45, 7) is 4.04. The van der Waals surface area contributed by atoms with E-state index in [1.807, 2.05) is 6.92 Å². The molecule has 0 aliphatic carbocycles. The smallest absolute Gasteiger partial charge is 0.320 e. The number of nitrogens with zero attached hydrogens (tertiary/aromatic N) is 1. The Hall–Kier alpha value is -0.610. The van der Waals surface area contributed by atoms with Crippen molar-refractivity contribution in [3.05, 3.63) is 0 Å². The molecule has 1 rings (SSSR count). The quantitative estimate of drug-likeness (QED) is 0.680. The molecule has 0 bridgehead atoms. The number of hydrogen-bond acceptors (Lipinski definition) is 3. The normalized spacial score (nSPS) is 25.1. The first-order valence-electron chi connectivity index (χ1n) is 5.31. The van der Waals surface area contributed by atoms with Crippen molar-refractivity contribution in [3.8, 4) is 0 Å². The van der Waals surface area contributed by atoms with Crippen molar-refractivity contribution in [2.75, 3.05) is 20.1 Å². The average Bonchev–Trinajstić information content (AvgIpc) is 2.50. The Labute approximate surface area is 85.3 Å². The van der Waals surface area contributed by atoms with E-state index >= 15 is 0 Å². The number of likely N-dealkylation sites (N-methyl/N-ethyl adjacent to an activating group) is 1. The van der Waals surface area contributed by atoms with Gasteiger partial charge in [-0.15, -0.1) is 0 Å². The third kappa shape index (κ3) is 3.27. The van der Waals surface area contributed by atoms with Gasteiger partial charge in [-0.1, -0.05) is 13.3 Å². The van der Waals surface area contributed by atoms with E-state index < -0.39 is 5.97 Å². The number of carboxylic acids is 1. The fourth-order valence-corrected chi connectivity index (χ4v) is 1.92. The molecule has 0 aromatic rings. The lowest BCUT2D eigenvalue weighted by atomic mass is 10.1. The van der Waals surface area contributed by atoms with Crippen LogP contribution in [0.5, 0.6) is 0 Å². The summed E-state index contributed by atoms with van der Waals surface area (Å²) < 4.78 is 0. The fourth-order valence-electron chi connectivity index (χ4n) is 1.92. The molecular formula is C10H20N2O2. The molecule has 1 heterocycles. The topological polar surface area (TPSA) is 52.6 Å². The van der Waals surface area contributed by atoms with Gasteiger partial charge in [0.1, 0.15) is 6.04 Å². The van der Waals surface area contributed by atoms with E-state index in [-0.39, 0.29) is 6.04 Å². The predicted molar refractivity (Wildman–Crippen MR) is 55.4 cm³/mol. The zero-order valence-corrected chi connectivity index (χ0v) is 8.99. The van der Waals surface area contributed by atoms with Crippen LogP contribution >= 0.6 is 0 Å². The number of nitrogens with one attached hydrogen (secondary N) is 1. The first-order valence-corrected chi connectivity index (χ1v) is 5.31. The number of aliphatic carboxylic acids is 1. The van der Waals surface area contributed by atoms with Crippen LogP contribution in [0, 0.1) is 0 Å². The molecule has 1 aliphatic heterocycles. The summed E-state index contributed by atoms with van der Waals surface area (Å²) in [5.41, 5.74) is 0. The molecule has 0 amide bonds. The van der Waals surface area contributed by atoms with Crippen LogP contribution in [0.25, 0.3) is 0 Å². The molecule has 0 radical (unpaired) electrons. The third-order valence-corrected chi connectivity index (χ3v) is 2.70. The highest BCUT2D eigenvalue weighted by Gasteiger charge is 2.24. The maximum absolute atomic E-state index is 10.9. The van der Waals surface area contributed by atoms with Crippen molar-refractivity contribution < 1.29 is 9.90 Å². The van der Waals surface area contributed by atoms with Crippen molar-refractivity contribution in [1.29, 1.82) is 0 Å².